The minimum absolute atomic E-state index is 0.287. The van der Waals surface area contributed by atoms with E-state index in [9.17, 15) is 8.42 Å². The number of hydrogen-bond acceptors (Lipinski definition) is 2. The van der Waals surface area contributed by atoms with Crippen molar-refractivity contribution in [1.29, 1.82) is 0 Å². The lowest BCUT2D eigenvalue weighted by atomic mass is 10.1. The molecule has 0 atom stereocenters. The molecule has 0 N–H and O–H groups in total. The zero-order valence-electron chi connectivity index (χ0n) is 8.70. The second kappa shape index (κ2) is 4.81. The Morgan fingerprint density at radius 3 is 2.33 bits per heavy atom. The molecule has 82 valence electrons. The Morgan fingerprint density at radius 1 is 1.20 bits per heavy atom. The van der Waals surface area contributed by atoms with Gasteiger partial charge >= 0.3 is 0 Å². The fraction of sp³-hybridized carbons (Fsp3) is 0.273. The van der Waals surface area contributed by atoms with Crippen molar-refractivity contribution in [2.24, 2.45) is 0 Å². The van der Waals surface area contributed by atoms with Crippen molar-refractivity contribution in [2.75, 3.05) is 0 Å². The molecule has 0 bridgehead atoms. The van der Waals surface area contributed by atoms with Crippen molar-refractivity contribution in [3.63, 3.8) is 0 Å². The lowest BCUT2D eigenvalue weighted by molar-refractivity contribution is 0.614. The monoisotopic (exact) mass is 244 g/mol. The fourth-order valence-electron chi connectivity index (χ4n) is 1.40. The third-order valence-electron chi connectivity index (χ3n) is 2.05. The highest BCUT2D eigenvalue weighted by Gasteiger charge is 2.20. The quantitative estimate of drug-likeness (QED) is 0.711. The molecule has 0 saturated carbocycles. The van der Waals surface area contributed by atoms with Gasteiger partial charge in [-0.25, -0.2) is 8.42 Å². The van der Waals surface area contributed by atoms with Gasteiger partial charge in [0.2, 0.25) is 0 Å². The summed E-state index contributed by atoms with van der Waals surface area (Å²) in [6.07, 6.45) is 2.04. The first kappa shape index (κ1) is 12.3. The van der Waals surface area contributed by atoms with E-state index in [1.807, 2.05) is 38.1 Å². The van der Waals surface area contributed by atoms with Crippen LogP contribution in [0.3, 0.4) is 0 Å². The summed E-state index contributed by atoms with van der Waals surface area (Å²) >= 11 is 0. The minimum atomic E-state index is -3.54. The Kier molecular flexibility index (Phi) is 3.94. The first-order valence-corrected chi connectivity index (χ1v) is 7.11. The molecule has 2 nitrogen and oxygen atoms in total. The van der Waals surface area contributed by atoms with Crippen molar-refractivity contribution >= 4 is 25.8 Å². The molecule has 0 spiro atoms. The molecule has 2 rings (SSSR count). The Balaban J connectivity index is 0.000000531. The fourth-order valence-corrected chi connectivity index (χ4v) is 2.30. The van der Waals surface area contributed by atoms with Gasteiger partial charge < -0.3 is 0 Å². The van der Waals surface area contributed by atoms with Gasteiger partial charge in [-0.05, 0) is 17.2 Å². The molecule has 4 heteroatoms. The zero-order valence-corrected chi connectivity index (χ0v) is 10.3. The predicted octanol–water partition coefficient (Wildman–Crippen LogP) is 3.18. The van der Waals surface area contributed by atoms with Crippen LogP contribution in [-0.2, 0) is 15.5 Å². The second-order valence-electron chi connectivity index (χ2n) is 2.92. The normalized spacial score (nSPS) is 13.7. The predicted molar refractivity (Wildman–Crippen MR) is 64.2 cm³/mol. The summed E-state index contributed by atoms with van der Waals surface area (Å²) in [4.78, 5) is 0.287. The van der Waals surface area contributed by atoms with E-state index in [0.717, 1.165) is 11.1 Å². The van der Waals surface area contributed by atoms with Gasteiger partial charge in [-0.1, -0.05) is 38.1 Å². The lowest BCUT2D eigenvalue weighted by Crippen LogP contribution is -1.93. The van der Waals surface area contributed by atoms with E-state index in [0.29, 0.717) is 6.42 Å². The van der Waals surface area contributed by atoms with Crippen molar-refractivity contribution < 1.29 is 8.42 Å². The third kappa shape index (κ3) is 2.83. The largest absolute Gasteiger partial charge is 0.257 e. The van der Waals surface area contributed by atoms with Crippen molar-refractivity contribution in [3.8, 4) is 0 Å². The van der Waals surface area contributed by atoms with Crippen molar-refractivity contribution in [3.05, 3.63) is 40.3 Å². The van der Waals surface area contributed by atoms with Gasteiger partial charge in [-0.3, -0.25) is 0 Å². The molecule has 0 fully saturated rings. The summed E-state index contributed by atoms with van der Waals surface area (Å²) in [5.41, 5.74) is 1.96. The summed E-state index contributed by atoms with van der Waals surface area (Å²) < 4.78 is 22.0. The van der Waals surface area contributed by atoms with E-state index in [-0.39, 0.29) is 4.91 Å². The summed E-state index contributed by atoms with van der Waals surface area (Å²) in [5, 5.41) is 0. The SMILES string of the molecule is CC.O=S(=O)(Cl)C1=Cc2ccccc2C1. The van der Waals surface area contributed by atoms with Crippen molar-refractivity contribution in [2.45, 2.75) is 20.3 Å². The van der Waals surface area contributed by atoms with Crippen LogP contribution in [0.15, 0.2) is 29.2 Å². The van der Waals surface area contributed by atoms with Gasteiger partial charge in [-0.15, -0.1) is 0 Å². The van der Waals surface area contributed by atoms with E-state index < -0.39 is 9.05 Å². The summed E-state index contributed by atoms with van der Waals surface area (Å²) in [5.74, 6) is 0. The molecule has 1 aromatic carbocycles. The summed E-state index contributed by atoms with van der Waals surface area (Å²) in [7, 11) is 1.70. The Labute approximate surface area is 95.0 Å². The molecule has 1 aliphatic carbocycles. The average Bonchev–Trinajstić information content (AvgIpc) is 2.63. The van der Waals surface area contributed by atoms with Crippen LogP contribution in [0.2, 0.25) is 0 Å². The van der Waals surface area contributed by atoms with Gasteiger partial charge in [0.05, 0.1) is 4.91 Å². The van der Waals surface area contributed by atoms with Gasteiger partial charge in [0, 0.05) is 17.1 Å². The Morgan fingerprint density at radius 2 is 1.80 bits per heavy atom. The maximum absolute atomic E-state index is 11.0. The first-order valence-electron chi connectivity index (χ1n) is 4.80. The molecule has 1 aliphatic rings. The molecule has 0 aliphatic heterocycles. The van der Waals surface area contributed by atoms with Gasteiger partial charge in [0.25, 0.3) is 9.05 Å². The van der Waals surface area contributed by atoms with Crippen LogP contribution in [0.4, 0.5) is 0 Å². The molecule has 15 heavy (non-hydrogen) atoms. The number of rotatable bonds is 1. The van der Waals surface area contributed by atoms with E-state index in [2.05, 4.69) is 0 Å². The van der Waals surface area contributed by atoms with Crippen LogP contribution in [0.1, 0.15) is 25.0 Å². The molecule has 0 saturated heterocycles. The molecular formula is C11H13ClO2S. The van der Waals surface area contributed by atoms with Crippen LogP contribution in [0.25, 0.3) is 6.08 Å². The van der Waals surface area contributed by atoms with Crippen LogP contribution in [-0.4, -0.2) is 8.42 Å². The second-order valence-corrected chi connectivity index (χ2v) is 5.54. The summed E-state index contributed by atoms with van der Waals surface area (Å²) in [6, 6.07) is 7.54. The standard InChI is InChI=1S/C9H7ClO2S.C2H6/c10-13(11,12)9-5-7-3-1-2-4-8(7)6-9;1-2/h1-5H,6H2;1-2H3. The third-order valence-corrected chi connectivity index (χ3v) is 3.53. The zero-order chi connectivity index (χ0) is 11.5. The van der Waals surface area contributed by atoms with E-state index in [1.54, 1.807) is 6.08 Å². The number of allylic oxidation sites excluding steroid dienone is 1. The Bertz CT molecular complexity index is 475. The first-order chi connectivity index (χ1) is 7.07. The molecular weight excluding hydrogens is 232 g/mol. The molecule has 1 aromatic rings. The van der Waals surface area contributed by atoms with Gasteiger partial charge in [0.15, 0.2) is 0 Å². The highest BCUT2D eigenvalue weighted by atomic mass is 35.7. The number of halogens is 1. The Hall–Kier alpha value is -0.800. The van der Waals surface area contributed by atoms with Crippen molar-refractivity contribution in [1.82, 2.24) is 0 Å². The molecule has 0 unspecified atom stereocenters. The maximum Gasteiger partial charge on any atom is 0.257 e. The molecule has 0 radical (unpaired) electrons. The maximum atomic E-state index is 11.0. The van der Waals surface area contributed by atoms with Gasteiger partial charge in [0.1, 0.15) is 0 Å². The smallest absolute Gasteiger partial charge is 0.207 e. The average molecular weight is 245 g/mol. The number of benzene rings is 1. The topological polar surface area (TPSA) is 34.1 Å². The van der Waals surface area contributed by atoms with Crippen LogP contribution in [0.5, 0.6) is 0 Å². The highest BCUT2D eigenvalue weighted by Crippen LogP contribution is 2.29. The van der Waals surface area contributed by atoms with Crippen LogP contribution >= 0.6 is 10.7 Å². The highest BCUT2D eigenvalue weighted by molar-refractivity contribution is 8.16. The minimum Gasteiger partial charge on any atom is -0.207 e. The van der Waals surface area contributed by atoms with Crippen LogP contribution < -0.4 is 0 Å². The van der Waals surface area contributed by atoms with Crippen LogP contribution in [0, 0.1) is 0 Å². The lowest BCUT2D eigenvalue weighted by Gasteiger charge is -1.95. The molecule has 0 heterocycles. The van der Waals surface area contributed by atoms with E-state index >= 15 is 0 Å². The number of hydrogen-bond donors (Lipinski definition) is 0. The molecule has 0 amide bonds. The molecule has 0 aromatic heterocycles. The number of fused-ring (bicyclic) bond motifs is 1. The summed E-state index contributed by atoms with van der Waals surface area (Å²) in [6.45, 7) is 4.00. The van der Waals surface area contributed by atoms with Gasteiger partial charge in [-0.2, -0.15) is 0 Å². The van der Waals surface area contributed by atoms with E-state index in [4.69, 9.17) is 10.7 Å². The van der Waals surface area contributed by atoms with E-state index in [1.165, 1.54) is 0 Å².